The lowest BCUT2D eigenvalue weighted by molar-refractivity contribution is -0.947. The molecule has 2 aliphatic heterocycles. The van der Waals surface area contributed by atoms with Crippen LogP contribution in [0.1, 0.15) is 43.0 Å². The molecule has 3 aromatic rings. The molecule has 0 N–H and O–H groups in total. The molecule has 2 atom stereocenters. The number of esters is 1. The Balaban J connectivity index is 0.00000205. The van der Waals surface area contributed by atoms with Gasteiger partial charge in [-0.05, 0) is 34.5 Å². The van der Waals surface area contributed by atoms with Crippen molar-refractivity contribution in [1.82, 2.24) is 0 Å². The number of rotatable bonds is 3. The summed E-state index contributed by atoms with van der Waals surface area (Å²) in [5.74, 6) is -0.168. The van der Waals surface area contributed by atoms with Crippen LogP contribution in [0.5, 0.6) is 0 Å². The summed E-state index contributed by atoms with van der Waals surface area (Å²) >= 11 is 0. The van der Waals surface area contributed by atoms with E-state index in [0.717, 1.165) is 33.5 Å². The summed E-state index contributed by atoms with van der Waals surface area (Å²) in [6.45, 7) is 3.46. The van der Waals surface area contributed by atoms with E-state index in [1.54, 1.807) is 0 Å². The third-order valence-corrected chi connectivity index (χ3v) is 7.51. The number of quaternary nitrogens is 1. The molecular weight excluding hydrogens is 382 g/mol. The fourth-order valence-corrected chi connectivity index (χ4v) is 5.74. The fraction of sp³-hybridized carbons (Fsp3) is 0.400. The first kappa shape index (κ1) is 20.2. The van der Waals surface area contributed by atoms with E-state index in [1.165, 1.54) is 24.8 Å². The second kappa shape index (κ2) is 7.62. The highest BCUT2D eigenvalue weighted by atomic mass is 35.5. The molecular formula is C25H28ClNO2. The van der Waals surface area contributed by atoms with Gasteiger partial charge in [0.05, 0.1) is 31.2 Å². The third-order valence-electron chi connectivity index (χ3n) is 7.51. The van der Waals surface area contributed by atoms with Gasteiger partial charge in [0, 0.05) is 25.7 Å². The van der Waals surface area contributed by atoms with E-state index < -0.39 is 0 Å². The molecule has 5 rings (SSSR count). The Kier molecular flexibility index (Phi) is 5.30. The van der Waals surface area contributed by atoms with Crippen LogP contribution < -0.4 is 12.4 Å². The van der Waals surface area contributed by atoms with Crippen molar-refractivity contribution >= 4 is 27.5 Å². The van der Waals surface area contributed by atoms with E-state index >= 15 is 0 Å². The summed E-state index contributed by atoms with van der Waals surface area (Å²) in [4.78, 5) is 13.2. The molecule has 0 aliphatic carbocycles. The molecule has 2 saturated heterocycles. The molecule has 0 radical (unpaired) electrons. The molecule has 0 spiro atoms. The molecule has 3 nitrogen and oxygen atoms in total. The predicted octanol–water partition coefficient (Wildman–Crippen LogP) is 2.31. The largest absolute Gasteiger partial charge is 1.00 e. The van der Waals surface area contributed by atoms with Gasteiger partial charge >= 0.3 is 5.97 Å². The lowest BCUT2D eigenvalue weighted by Crippen LogP contribution is -3.00. The van der Waals surface area contributed by atoms with Gasteiger partial charge in [0.1, 0.15) is 6.10 Å². The standard InChI is InChI=1S/C25H28NO2.ClH/c1-3-26(2)18-12-13-19(26)16-20(15-18)28-25(27)24-14-17-8-4-5-9-21(17)22-10-6-7-11-23(22)24;/h4-11,14,18-20H,3,12-13,15-16H2,1-2H3;1H/q+1;/p-1. The van der Waals surface area contributed by atoms with Crippen molar-refractivity contribution in [2.45, 2.75) is 50.8 Å². The molecule has 2 aliphatic rings. The number of halogens is 1. The first-order valence-electron chi connectivity index (χ1n) is 10.6. The van der Waals surface area contributed by atoms with Gasteiger partial charge in [-0.2, -0.15) is 0 Å². The Hall–Kier alpha value is -2.10. The number of piperidine rings is 1. The fourth-order valence-electron chi connectivity index (χ4n) is 5.74. The highest BCUT2D eigenvalue weighted by Gasteiger charge is 2.51. The number of carbonyl (C=O) groups excluding carboxylic acids is 1. The van der Waals surface area contributed by atoms with Crippen LogP contribution in [-0.4, -0.2) is 42.2 Å². The number of benzene rings is 3. The van der Waals surface area contributed by atoms with Crippen LogP contribution in [0.25, 0.3) is 21.5 Å². The van der Waals surface area contributed by atoms with Crippen LogP contribution in [0, 0.1) is 0 Å². The normalized spacial score (nSPS) is 28.3. The quantitative estimate of drug-likeness (QED) is 0.377. The van der Waals surface area contributed by atoms with Crippen molar-refractivity contribution in [1.29, 1.82) is 0 Å². The van der Waals surface area contributed by atoms with Crippen LogP contribution >= 0.6 is 0 Å². The first-order chi connectivity index (χ1) is 13.6. The zero-order valence-electron chi connectivity index (χ0n) is 17.1. The van der Waals surface area contributed by atoms with Crippen LogP contribution in [0.4, 0.5) is 0 Å². The van der Waals surface area contributed by atoms with E-state index in [4.69, 9.17) is 4.74 Å². The van der Waals surface area contributed by atoms with Crippen molar-refractivity contribution in [3.05, 3.63) is 60.2 Å². The minimum Gasteiger partial charge on any atom is -1.00 e. The highest BCUT2D eigenvalue weighted by molar-refractivity contribution is 6.16. The topological polar surface area (TPSA) is 26.3 Å². The Bertz CT molecular complexity index is 1050. The summed E-state index contributed by atoms with van der Waals surface area (Å²) in [5, 5.41) is 4.37. The molecule has 3 aromatic carbocycles. The van der Waals surface area contributed by atoms with E-state index in [-0.39, 0.29) is 24.5 Å². The average Bonchev–Trinajstić information content (AvgIpc) is 2.90. The molecule has 152 valence electrons. The maximum absolute atomic E-state index is 13.2. The summed E-state index contributed by atoms with van der Waals surface area (Å²) in [5.41, 5.74) is 0.694. The van der Waals surface area contributed by atoms with Crippen molar-refractivity contribution in [2.75, 3.05) is 13.6 Å². The SMILES string of the molecule is CC[N+]1(C)C2CCC1CC(OC(=O)c1cc3ccccc3c3ccccc13)C2.[Cl-]. The molecule has 0 saturated carbocycles. The van der Waals surface area contributed by atoms with Gasteiger partial charge < -0.3 is 21.6 Å². The molecule has 2 fully saturated rings. The second-order valence-corrected chi connectivity index (χ2v) is 8.74. The van der Waals surface area contributed by atoms with Crippen LogP contribution in [0.15, 0.2) is 54.6 Å². The van der Waals surface area contributed by atoms with Gasteiger partial charge in [-0.1, -0.05) is 48.5 Å². The van der Waals surface area contributed by atoms with Crippen molar-refractivity contribution in [3.63, 3.8) is 0 Å². The Labute approximate surface area is 178 Å². The Morgan fingerprint density at radius 2 is 1.55 bits per heavy atom. The molecule has 2 unspecified atom stereocenters. The molecule has 0 aromatic heterocycles. The number of hydrogen-bond acceptors (Lipinski definition) is 2. The van der Waals surface area contributed by atoms with Crippen LogP contribution in [0.2, 0.25) is 0 Å². The van der Waals surface area contributed by atoms with Crippen molar-refractivity contribution < 1.29 is 26.4 Å². The number of hydrogen-bond donors (Lipinski definition) is 0. The van der Waals surface area contributed by atoms with Crippen LogP contribution in [0.3, 0.4) is 0 Å². The predicted molar refractivity (Wildman–Crippen MR) is 113 cm³/mol. The van der Waals surface area contributed by atoms with Gasteiger partial charge in [0.15, 0.2) is 0 Å². The zero-order chi connectivity index (χ0) is 19.3. The van der Waals surface area contributed by atoms with Crippen molar-refractivity contribution in [3.8, 4) is 0 Å². The molecule has 2 heterocycles. The lowest BCUT2D eigenvalue weighted by atomic mass is 9.95. The van der Waals surface area contributed by atoms with Gasteiger partial charge in [0.25, 0.3) is 0 Å². The van der Waals surface area contributed by atoms with E-state index in [0.29, 0.717) is 17.6 Å². The van der Waals surface area contributed by atoms with E-state index in [1.807, 2.05) is 36.4 Å². The monoisotopic (exact) mass is 409 g/mol. The van der Waals surface area contributed by atoms with Crippen LogP contribution in [-0.2, 0) is 4.74 Å². The van der Waals surface area contributed by atoms with E-state index in [2.05, 4.69) is 32.2 Å². The third kappa shape index (κ3) is 3.21. The highest BCUT2D eigenvalue weighted by Crippen LogP contribution is 2.42. The summed E-state index contributed by atoms with van der Waals surface area (Å²) in [6, 6.07) is 19.7. The molecule has 2 bridgehead atoms. The maximum atomic E-state index is 13.2. The van der Waals surface area contributed by atoms with Gasteiger partial charge in [-0.3, -0.25) is 0 Å². The first-order valence-corrected chi connectivity index (χ1v) is 10.6. The van der Waals surface area contributed by atoms with Crippen molar-refractivity contribution in [2.24, 2.45) is 0 Å². The van der Waals surface area contributed by atoms with Gasteiger partial charge in [-0.25, -0.2) is 4.79 Å². The molecule has 0 amide bonds. The second-order valence-electron chi connectivity index (χ2n) is 8.74. The summed E-state index contributed by atoms with van der Waals surface area (Å²) in [6.07, 6.45) is 4.58. The number of carbonyl (C=O) groups is 1. The number of ether oxygens (including phenoxy) is 1. The minimum atomic E-state index is -0.168. The summed E-state index contributed by atoms with van der Waals surface area (Å²) < 4.78 is 7.26. The molecule has 29 heavy (non-hydrogen) atoms. The zero-order valence-corrected chi connectivity index (χ0v) is 17.9. The number of fused-ring (bicyclic) bond motifs is 5. The number of nitrogens with zero attached hydrogens (tertiary/aromatic N) is 1. The minimum absolute atomic E-state index is 0. The maximum Gasteiger partial charge on any atom is 0.339 e. The Morgan fingerprint density at radius 3 is 2.21 bits per heavy atom. The Morgan fingerprint density at radius 1 is 0.966 bits per heavy atom. The molecule has 4 heteroatoms. The lowest BCUT2D eigenvalue weighted by Gasteiger charge is -2.46. The smallest absolute Gasteiger partial charge is 0.339 e. The van der Waals surface area contributed by atoms with E-state index in [9.17, 15) is 4.79 Å². The van der Waals surface area contributed by atoms with Gasteiger partial charge in [-0.15, -0.1) is 0 Å². The average molecular weight is 410 g/mol. The summed E-state index contributed by atoms with van der Waals surface area (Å²) in [7, 11) is 2.39. The van der Waals surface area contributed by atoms with Gasteiger partial charge in [0.2, 0.25) is 0 Å².